The Morgan fingerprint density at radius 3 is 2.67 bits per heavy atom. The van der Waals surface area contributed by atoms with E-state index < -0.39 is 0 Å². The molecule has 4 heteroatoms. The van der Waals surface area contributed by atoms with E-state index in [4.69, 9.17) is 5.73 Å². The van der Waals surface area contributed by atoms with Gasteiger partial charge in [0.25, 0.3) is 0 Å². The van der Waals surface area contributed by atoms with E-state index in [-0.39, 0.29) is 0 Å². The van der Waals surface area contributed by atoms with Gasteiger partial charge in [-0.1, -0.05) is 6.07 Å². The lowest BCUT2D eigenvalue weighted by molar-refractivity contribution is 1.10. The molecule has 0 fully saturated rings. The summed E-state index contributed by atoms with van der Waals surface area (Å²) in [6.45, 7) is 4.64. The van der Waals surface area contributed by atoms with Gasteiger partial charge in [0.2, 0.25) is 0 Å². The molecule has 0 bridgehead atoms. The van der Waals surface area contributed by atoms with E-state index >= 15 is 0 Å². The third-order valence-corrected chi connectivity index (χ3v) is 3.20. The van der Waals surface area contributed by atoms with Crippen molar-refractivity contribution in [2.75, 3.05) is 0 Å². The van der Waals surface area contributed by atoms with Crippen LogP contribution >= 0.6 is 11.3 Å². The fourth-order valence-electron chi connectivity index (χ4n) is 1.45. The Balaban J connectivity index is 2.44. The second kappa shape index (κ2) is 4.08. The van der Waals surface area contributed by atoms with Gasteiger partial charge in [0.05, 0.1) is 0 Å². The van der Waals surface area contributed by atoms with Crippen molar-refractivity contribution >= 4 is 11.3 Å². The number of hydrogen-bond acceptors (Lipinski definition) is 4. The molecule has 78 valence electrons. The molecule has 15 heavy (non-hydrogen) atoms. The van der Waals surface area contributed by atoms with Crippen LogP contribution in [0, 0.1) is 13.8 Å². The van der Waals surface area contributed by atoms with E-state index in [2.05, 4.69) is 23.0 Å². The second-order valence-corrected chi connectivity index (χ2v) is 4.63. The molecular weight excluding hydrogens is 206 g/mol. The van der Waals surface area contributed by atoms with Crippen LogP contribution in [0.25, 0.3) is 10.7 Å². The minimum absolute atomic E-state index is 0.544. The van der Waals surface area contributed by atoms with Crippen molar-refractivity contribution in [3.05, 3.63) is 34.5 Å². The van der Waals surface area contributed by atoms with Crippen molar-refractivity contribution in [2.24, 2.45) is 5.73 Å². The van der Waals surface area contributed by atoms with Crippen LogP contribution in [0.5, 0.6) is 0 Å². The van der Waals surface area contributed by atoms with Crippen LogP contribution in [0.1, 0.15) is 16.0 Å². The maximum Gasteiger partial charge on any atom is 0.142 e. The first-order chi connectivity index (χ1) is 7.20. The molecule has 3 nitrogen and oxygen atoms in total. The molecule has 0 saturated carbocycles. The highest BCUT2D eigenvalue weighted by atomic mass is 32.1. The molecule has 0 saturated heterocycles. The number of aryl methyl sites for hydroxylation is 2. The molecular formula is C11H13N3S. The monoisotopic (exact) mass is 219 g/mol. The summed E-state index contributed by atoms with van der Waals surface area (Å²) in [7, 11) is 0. The van der Waals surface area contributed by atoms with Crippen molar-refractivity contribution in [3.8, 4) is 10.7 Å². The third-order valence-electron chi connectivity index (χ3n) is 2.17. The Labute approximate surface area is 93.0 Å². The SMILES string of the molecule is Cc1cnc(-c2ncc(CN)s2)c(C)c1. The normalized spacial score (nSPS) is 10.6. The predicted octanol–water partition coefficient (Wildman–Crippen LogP) is 2.28. The van der Waals surface area contributed by atoms with Crippen molar-refractivity contribution in [1.82, 2.24) is 9.97 Å². The Morgan fingerprint density at radius 2 is 2.07 bits per heavy atom. The first-order valence-electron chi connectivity index (χ1n) is 4.79. The Morgan fingerprint density at radius 1 is 1.27 bits per heavy atom. The number of aromatic nitrogens is 2. The minimum Gasteiger partial charge on any atom is -0.326 e. The highest BCUT2D eigenvalue weighted by Crippen LogP contribution is 2.25. The standard InChI is InChI=1S/C11H13N3S/c1-7-3-8(2)10(13-5-7)11-14-6-9(4-12)15-11/h3,5-6H,4,12H2,1-2H3. The molecule has 0 amide bonds. The van der Waals surface area contributed by atoms with Gasteiger partial charge in [-0.25, -0.2) is 4.98 Å². The van der Waals surface area contributed by atoms with E-state index in [1.54, 1.807) is 11.3 Å². The summed E-state index contributed by atoms with van der Waals surface area (Å²) in [6.07, 6.45) is 3.69. The number of rotatable bonds is 2. The Bertz CT molecular complexity index is 476. The van der Waals surface area contributed by atoms with Crippen LogP contribution in [-0.4, -0.2) is 9.97 Å². The number of thiazole rings is 1. The van der Waals surface area contributed by atoms with E-state index in [0.717, 1.165) is 21.1 Å². The molecule has 0 radical (unpaired) electrons. The quantitative estimate of drug-likeness (QED) is 0.843. The van der Waals surface area contributed by atoms with Crippen molar-refractivity contribution in [2.45, 2.75) is 20.4 Å². The van der Waals surface area contributed by atoms with Gasteiger partial charge in [-0.15, -0.1) is 11.3 Å². The van der Waals surface area contributed by atoms with E-state index in [1.165, 1.54) is 5.56 Å². The van der Waals surface area contributed by atoms with Crippen molar-refractivity contribution < 1.29 is 0 Å². The molecule has 2 aromatic rings. The predicted molar refractivity (Wildman–Crippen MR) is 62.7 cm³/mol. The molecule has 0 unspecified atom stereocenters. The molecule has 2 N–H and O–H groups in total. The molecule has 0 atom stereocenters. The fourth-order valence-corrected chi connectivity index (χ4v) is 2.30. The average Bonchev–Trinajstić information content (AvgIpc) is 2.66. The Kier molecular flexibility index (Phi) is 2.79. The van der Waals surface area contributed by atoms with Gasteiger partial charge in [0.1, 0.15) is 10.7 Å². The number of hydrogen-bond donors (Lipinski definition) is 1. The van der Waals surface area contributed by atoms with Crippen LogP contribution in [0.15, 0.2) is 18.5 Å². The molecule has 0 aliphatic rings. The summed E-state index contributed by atoms with van der Waals surface area (Å²) in [4.78, 5) is 9.82. The zero-order valence-corrected chi connectivity index (χ0v) is 9.64. The summed E-state index contributed by atoms with van der Waals surface area (Å²) in [5.41, 5.74) is 8.85. The van der Waals surface area contributed by atoms with E-state index in [0.29, 0.717) is 6.54 Å². The summed E-state index contributed by atoms with van der Waals surface area (Å²) >= 11 is 1.61. The molecule has 0 aliphatic heterocycles. The average molecular weight is 219 g/mol. The fraction of sp³-hybridized carbons (Fsp3) is 0.273. The van der Waals surface area contributed by atoms with Crippen LogP contribution in [0.2, 0.25) is 0 Å². The molecule has 0 aromatic carbocycles. The van der Waals surface area contributed by atoms with Crippen LogP contribution < -0.4 is 5.73 Å². The smallest absolute Gasteiger partial charge is 0.142 e. The van der Waals surface area contributed by atoms with Gasteiger partial charge in [-0.2, -0.15) is 0 Å². The molecule has 2 aromatic heterocycles. The number of nitrogens with zero attached hydrogens (tertiary/aromatic N) is 2. The van der Waals surface area contributed by atoms with Gasteiger partial charge >= 0.3 is 0 Å². The lowest BCUT2D eigenvalue weighted by Gasteiger charge is -2.01. The van der Waals surface area contributed by atoms with Gasteiger partial charge in [-0.3, -0.25) is 4.98 Å². The minimum atomic E-state index is 0.544. The van der Waals surface area contributed by atoms with Gasteiger partial charge in [0, 0.05) is 23.8 Å². The molecule has 2 rings (SSSR count). The first-order valence-corrected chi connectivity index (χ1v) is 5.60. The lowest BCUT2D eigenvalue weighted by Crippen LogP contribution is -1.91. The Hall–Kier alpha value is -1.26. The third kappa shape index (κ3) is 2.06. The number of nitrogens with two attached hydrogens (primary N) is 1. The zero-order valence-electron chi connectivity index (χ0n) is 8.82. The maximum atomic E-state index is 5.55. The largest absolute Gasteiger partial charge is 0.326 e. The zero-order chi connectivity index (χ0) is 10.8. The van der Waals surface area contributed by atoms with Crippen LogP contribution in [0.4, 0.5) is 0 Å². The topological polar surface area (TPSA) is 51.8 Å². The number of pyridine rings is 1. The second-order valence-electron chi connectivity index (χ2n) is 3.51. The maximum absolute atomic E-state index is 5.55. The summed E-state index contributed by atoms with van der Waals surface area (Å²) in [5, 5.41) is 0.952. The summed E-state index contributed by atoms with van der Waals surface area (Å²) in [5.74, 6) is 0. The van der Waals surface area contributed by atoms with Crippen molar-refractivity contribution in [1.29, 1.82) is 0 Å². The van der Waals surface area contributed by atoms with Crippen molar-refractivity contribution in [3.63, 3.8) is 0 Å². The van der Waals surface area contributed by atoms with Crippen LogP contribution in [0.3, 0.4) is 0 Å². The van der Waals surface area contributed by atoms with Gasteiger partial charge in [0.15, 0.2) is 0 Å². The summed E-state index contributed by atoms with van der Waals surface area (Å²) < 4.78 is 0. The van der Waals surface area contributed by atoms with Gasteiger partial charge < -0.3 is 5.73 Å². The van der Waals surface area contributed by atoms with Crippen LogP contribution in [-0.2, 0) is 6.54 Å². The molecule has 0 aliphatic carbocycles. The van der Waals surface area contributed by atoms with E-state index in [1.807, 2.05) is 19.3 Å². The highest BCUT2D eigenvalue weighted by Gasteiger charge is 2.08. The lowest BCUT2D eigenvalue weighted by atomic mass is 10.2. The van der Waals surface area contributed by atoms with E-state index in [9.17, 15) is 0 Å². The van der Waals surface area contributed by atoms with Gasteiger partial charge in [-0.05, 0) is 25.0 Å². The molecule has 2 heterocycles. The summed E-state index contributed by atoms with van der Waals surface area (Å²) in [6, 6.07) is 2.12. The highest BCUT2D eigenvalue weighted by molar-refractivity contribution is 7.15. The molecule has 0 spiro atoms. The first kappa shape index (κ1) is 10.3.